The number of benzene rings is 1. The zero-order valence-corrected chi connectivity index (χ0v) is 15.2. The molecule has 0 atom stereocenters. The van der Waals surface area contributed by atoms with E-state index in [-0.39, 0.29) is 5.92 Å². The summed E-state index contributed by atoms with van der Waals surface area (Å²) >= 11 is 0. The van der Waals surface area contributed by atoms with Gasteiger partial charge in [0.25, 0.3) is 0 Å². The molecule has 5 heteroatoms. The standard InChI is InChI=1S/C20H24N4O/c1-5-12-25-17-9-7-6-8-16(17)22-23-20-19(14(2)3)21-18-13-15(4)10-11-24(18)20/h6-11,13-14H,5,12H2,1-4H3. The van der Waals surface area contributed by atoms with E-state index in [1.807, 2.05) is 34.9 Å². The lowest BCUT2D eigenvalue weighted by Gasteiger charge is -2.06. The summed E-state index contributed by atoms with van der Waals surface area (Å²) in [6.07, 6.45) is 2.95. The molecule has 0 unspecified atom stereocenters. The lowest BCUT2D eigenvalue weighted by atomic mass is 10.1. The Morgan fingerprint density at radius 3 is 2.72 bits per heavy atom. The first-order valence-corrected chi connectivity index (χ1v) is 8.72. The van der Waals surface area contributed by atoms with Crippen LogP contribution in [0, 0.1) is 6.92 Å². The number of ether oxygens (including phenoxy) is 1. The molecule has 2 aromatic heterocycles. The zero-order valence-electron chi connectivity index (χ0n) is 15.2. The fourth-order valence-electron chi connectivity index (χ4n) is 2.61. The normalized spacial score (nSPS) is 11.7. The van der Waals surface area contributed by atoms with Crippen LogP contribution in [0.4, 0.5) is 11.5 Å². The summed E-state index contributed by atoms with van der Waals surface area (Å²) in [5.41, 5.74) is 3.75. The number of nitrogens with zero attached hydrogens (tertiary/aromatic N) is 4. The van der Waals surface area contributed by atoms with Gasteiger partial charge in [0.1, 0.15) is 17.1 Å². The first-order valence-electron chi connectivity index (χ1n) is 8.72. The van der Waals surface area contributed by atoms with Crippen molar-refractivity contribution in [3.63, 3.8) is 0 Å². The average Bonchev–Trinajstić information content (AvgIpc) is 2.96. The molecule has 3 rings (SSSR count). The number of imidazole rings is 1. The maximum atomic E-state index is 5.76. The molecule has 0 saturated heterocycles. The minimum absolute atomic E-state index is 0.265. The molecule has 5 nitrogen and oxygen atoms in total. The van der Waals surface area contributed by atoms with Crippen molar-refractivity contribution in [2.45, 2.75) is 40.0 Å². The minimum atomic E-state index is 0.265. The van der Waals surface area contributed by atoms with Crippen LogP contribution < -0.4 is 4.74 Å². The Hall–Kier alpha value is -2.69. The second-order valence-electron chi connectivity index (χ2n) is 6.42. The molecule has 0 aliphatic rings. The van der Waals surface area contributed by atoms with Gasteiger partial charge < -0.3 is 4.74 Å². The molecule has 2 heterocycles. The average molecular weight is 336 g/mol. The van der Waals surface area contributed by atoms with Crippen molar-refractivity contribution in [1.82, 2.24) is 9.38 Å². The smallest absolute Gasteiger partial charge is 0.183 e. The summed E-state index contributed by atoms with van der Waals surface area (Å²) in [4.78, 5) is 4.74. The Labute approximate surface area is 148 Å². The Balaban J connectivity index is 2.03. The fraction of sp³-hybridized carbons (Fsp3) is 0.350. The van der Waals surface area contributed by atoms with Crippen molar-refractivity contribution >= 4 is 17.2 Å². The highest BCUT2D eigenvalue weighted by molar-refractivity contribution is 5.55. The highest BCUT2D eigenvalue weighted by atomic mass is 16.5. The Kier molecular flexibility index (Phi) is 5.12. The third-order valence-electron chi connectivity index (χ3n) is 3.91. The predicted molar refractivity (Wildman–Crippen MR) is 100 cm³/mol. The first kappa shape index (κ1) is 17.1. The van der Waals surface area contributed by atoms with Crippen LogP contribution >= 0.6 is 0 Å². The van der Waals surface area contributed by atoms with Gasteiger partial charge in [-0.25, -0.2) is 4.98 Å². The SMILES string of the molecule is CCCOc1ccccc1N=Nc1c(C(C)C)nc2cc(C)ccn12. The van der Waals surface area contributed by atoms with Gasteiger partial charge in [0.05, 0.1) is 12.3 Å². The molecule has 0 fully saturated rings. The van der Waals surface area contributed by atoms with E-state index in [0.717, 1.165) is 35.0 Å². The molecule has 0 radical (unpaired) electrons. The molecule has 0 amide bonds. The maximum Gasteiger partial charge on any atom is 0.183 e. The van der Waals surface area contributed by atoms with Crippen LogP contribution in [0.2, 0.25) is 0 Å². The summed E-state index contributed by atoms with van der Waals surface area (Å²) in [7, 11) is 0. The lowest BCUT2D eigenvalue weighted by molar-refractivity contribution is 0.318. The molecule has 1 aromatic carbocycles. The van der Waals surface area contributed by atoms with Crippen LogP contribution in [0.5, 0.6) is 5.75 Å². The van der Waals surface area contributed by atoms with Crippen molar-refractivity contribution in [2.75, 3.05) is 6.61 Å². The molecule has 130 valence electrons. The summed E-state index contributed by atoms with van der Waals surface area (Å²) in [6, 6.07) is 11.8. The number of azo groups is 1. The largest absolute Gasteiger partial charge is 0.491 e. The van der Waals surface area contributed by atoms with E-state index >= 15 is 0 Å². The Morgan fingerprint density at radius 1 is 1.16 bits per heavy atom. The van der Waals surface area contributed by atoms with E-state index in [4.69, 9.17) is 9.72 Å². The minimum Gasteiger partial charge on any atom is -0.491 e. The monoisotopic (exact) mass is 336 g/mol. The molecular weight excluding hydrogens is 312 g/mol. The zero-order chi connectivity index (χ0) is 17.8. The van der Waals surface area contributed by atoms with Gasteiger partial charge in [0.15, 0.2) is 5.82 Å². The summed E-state index contributed by atoms with van der Waals surface area (Å²) < 4.78 is 7.75. The summed E-state index contributed by atoms with van der Waals surface area (Å²) in [6.45, 7) is 9.04. The maximum absolute atomic E-state index is 5.76. The number of aromatic nitrogens is 2. The Bertz CT molecular complexity index is 896. The van der Waals surface area contributed by atoms with Crippen molar-refractivity contribution in [3.8, 4) is 5.75 Å². The molecule has 0 N–H and O–H groups in total. The third-order valence-corrected chi connectivity index (χ3v) is 3.91. The van der Waals surface area contributed by atoms with E-state index in [1.165, 1.54) is 5.56 Å². The Morgan fingerprint density at radius 2 is 1.96 bits per heavy atom. The van der Waals surface area contributed by atoms with Crippen molar-refractivity contribution in [2.24, 2.45) is 10.2 Å². The lowest BCUT2D eigenvalue weighted by Crippen LogP contribution is -1.94. The highest BCUT2D eigenvalue weighted by Crippen LogP contribution is 2.32. The van der Waals surface area contributed by atoms with Crippen molar-refractivity contribution in [1.29, 1.82) is 0 Å². The number of para-hydroxylation sites is 1. The topological polar surface area (TPSA) is 51.2 Å². The molecule has 0 spiro atoms. The van der Waals surface area contributed by atoms with Gasteiger partial charge in [-0.3, -0.25) is 4.40 Å². The predicted octanol–water partition coefficient (Wildman–Crippen LogP) is 5.97. The molecule has 0 saturated carbocycles. The number of hydrogen-bond donors (Lipinski definition) is 0. The van der Waals surface area contributed by atoms with Crippen LogP contribution in [-0.2, 0) is 0 Å². The van der Waals surface area contributed by atoms with Gasteiger partial charge in [-0.2, -0.15) is 0 Å². The number of pyridine rings is 1. The highest BCUT2D eigenvalue weighted by Gasteiger charge is 2.15. The van der Waals surface area contributed by atoms with Gasteiger partial charge in [-0.1, -0.05) is 32.9 Å². The van der Waals surface area contributed by atoms with Gasteiger partial charge >= 0.3 is 0 Å². The number of aryl methyl sites for hydroxylation is 1. The van der Waals surface area contributed by atoms with E-state index in [9.17, 15) is 0 Å². The number of hydrogen-bond acceptors (Lipinski definition) is 4. The number of fused-ring (bicyclic) bond motifs is 1. The van der Waals surface area contributed by atoms with E-state index in [0.29, 0.717) is 6.61 Å². The number of rotatable bonds is 6. The fourth-order valence-corrected chi connectivity index (χ4v) is 2.61. The second-order valence-corrected chi connectivity index (χ2v) is 6.42. The van der Waals surface area contributed by atoms with Crippen LogP contribution in [0.1, 0.15) is 44.4 Å². The van der Waals surface area contributed by atoms with Gasteiger partial charge in [0, 0.05) is 6.20 Å². The molecule has 0 bridgehead atoms. The molecule has 0 aliphatic heterocycles. The van der Waals surface area contributed by atoms with E-state index in [2.05, 4.69) is 50.1 Å². The van der Waals surface area contributed by atoms with Gasteiger partial charge in [-0.15, -0.1) is 10.2 Å². The third kappa shape index (κ3) is 3.71. The van der Waals surface area contributed by atoms with Crippen LogP contribution in [-0.4, -0.2) is 16.0 Å². The summed E-state index contributed by atoms with van der Waals surface area (Å²) in [5, 5.41) is 8.99. The van der Waals surface area contributed by atoms with E-state index < -0.39 is 0 Å². The molecule has 25 heavy (non-hydrogen) atoms. The molecular formula is C20H24N4O. The second kappa shape index (κ2) is 7.47. The van der Waals surface area contributed by atoms with E-state index in [1.54, 1.807) is 0 Å². The first-order chi connectivity index (χ1) is 12.1. The van der Waals surface area contributed by atoms with Crippen LogP contribution in [0.3, 0.4) is 0 Å². The van der Waals surface area contributed by atoms with Crippen LogP contribution in [0.15, 0.2) is 52.8 Å². The quantitative estimate of drug-likeness (QED) is 0.521. The van der Waals surface area contributed by atoms with Crippen LogP contribution in [0.25, 0.3) is 5.65 Å². The van der Waals surface area contributed by atoms with Gasteiger partial charge in [-0.05, 0) is 49.1 Å². The summed E-state index contributed by atoms with van der Waals surface area (Å²) in [5.74, 6) is 1.79. The van der Waals surface area contributed by atoms with Crippen molar-refractivity contribution < 1.29 is 4.74 Å². The van der Waals surface area contributed by atoms with Gasteiger partial charge in [0.2, 0.25) is 0 Å². The molecule has 3 aromatic rings. The molecule has 0 aliphatic carbocycles. The van der Waals surface area contributed by atoms with Crippen molar-refractivity contribution in [3.05, 3.63) is 53.9 Å².